The Balaban J connectivity index is 2.59. The van der Waals surface area contributed by atoms with Crippen molar-refractivity contribution in [1.82, 2.24) is 0 Å². The summed E-state index contributed by atoms with van der Waals surface area (Å²) < 4.78 is 0. The summed E-state index contributed by atoms with van der Waals surface area (Å²) in [7, 11) is 0. The van der Waals surface area contributed by atoms with E-state index in [1.54, 1.807) is 0 Å². The van der Waals surface area contributed by atoms with Crippen molar-refractivity contribution in [3.8, 4) is 0 Å². The van der Waals surface area contributed by atoms with Gasteiger partial charge < -0.3 is 5.11 Å². The molecule has 1 unspecified atom stereocenters. The van der Waals surface area contributed by atoms with Crippen LogP contribution in [0.5, 0.6) is 0 Å². The van der Waals surface area contributed by atoms with Crippen LogP contribution >= 0.6 is 0 Å². The highest BCUT2D eigenvalue weighted by molar-refractivity contribution is 5.18. The first-order valence-corrected chi connectivity index (χ1v) is 4.43. The third-order valence-corrected chi connectivity index (χ3v) is 2.06. The molecular weight excluding hydrogens is 148 g/mol. The van der Waals surface area contributed by atoms with Crippen molar-refractivity contribution in [3.05, 3.63) is 35.9 Å². The quantitative estimate of drug-likeness (QED) is 0.728. The van der Waals surface area contributed by atoms with Crippen LogP contribution in [0.4, 0.5) is 0 Å². The standard InChI is InChI=1S/C11H16O/c1-9(8-10(2)12)11-6-4-3-5-7-11/h3-7,9-10,12H,8H2,1-2H3/t9?,10-/m1/s1. The van der Waals surface area contributed by atoms with Gasteiger partial charge in [-0.25, -0.2) is 0 Å². The van der Waals surface area contributed by atoms with Crippen LogP contribution in [0.1, 0.15) is 31.7 Å². The minimum Gasteiger partial charge on any atom is -0.393 e. The Kier molecular flexibility index (Phi) is 3.30. The maximum absolute atomic E-state index is 9.18. The smallest absolute Gasteiger partial charge is 0.0517 e. The van der Waals surface area contributed by atoms with Crippen LogP contribution in [0.25, 0.3) is 0 Å². The minimum absolute atomic E-state index is 0.208. The Morgan fingerprint density at radius 1 is 1.17 bits per heavy atom. The molecule has 0 aliphatic rings. The maximum Gasteiger partial charge on any atom is 0.0517 e. The lowest BCUT2D eigenvalue weighted by Crippen LogP contribution is -2.05. The molecule has 1 N–H and O–H groups in total. The second-order valence-corrected chi connectivity index (χ2v) is 3.40. The van der Waals surface area contributed by atoms with Gasteiger partial charge in [0.15, 0.2) is 0 Å². The molecule has 0 saturated carbocycles. The normalized spacial score (nSPS) is 15.6. The fourth-order valence-electron chi connectivity index (χ4n) is 1.43. The summed E-state index contributed by atoms with van der Waals surface area (Å²) in [5.41, 5.74) is 1.30. The Hall–Kier alpha value is -0.820. The van der Waals surface area contributed by atoms with Gasteiger partial charge in [0, 0.05) is 0 Å². The molecule has 0 radical (unpaired) electrons. The van der Waals surface area contributed by atoms with Gasteiger partial charge in [0.05, 0.1) is 6.10 Å². The summed E-state index contributed by atoms with van der Waals surface area (Å²) in [5.74, 6) is 0.450. The van der Waals surface area contributed by atoms with E-state index in [0.717, 1.165) is 6.42 Å². The van der Waals surface area contributed by atoms with Crippen LogP contribution in [0.3, 0.4) is 0 Å². The molecule has 1 aromatic carbocycles. The predicted octanol–water partition coefficient (Wildman–Crippen LogP) is 2.56. The molecule has 0 fully saturated rings. The highest BCUT2D eigenvalue weighted by Crippen LogP contribution is 2.19. The van der Waals surface area contributed by atoms with Crippen molar-refractivity contribution in [2.24, 2.45) is 0 Å². The van der Waals surface area contributed by atoms with E-state index >= 15 is 0 Å². The summed E-state index contributed by atoms with van der Waals surface area (Å²) in [6.07, 6.45) is 0.629. The van der Waals surface area contributed by atoms with Crippen LogP contribution < -0.4 is 0 Å². The van der Waals surface area contributed by atoms with E-state index in [0.29, 0.717) is 5.92 Å². The summed E-state index contributed by atoms with van der Waals surface area (Å²) in [6.45, 7) is 3.97. The van der Waals surface area contributed by atoms with E-state index < -0.39 is 0 Å². The largest absolute Gasteiger partial charge is 0.393 e. The van der Waals surface area contributed by atoms with Gasteiger partial charge >= 0.3 is 0 Å². The second kappa shape index (κ2) is 4.27. The number of benzene rings is 1. The first kappa shape index (κ1) is 9.27. The first-order valence-electron chi connectivity index (χ1n) is 4.43. The third-order valence-electron chi connectivity index (χ3n) is 2.06. The van der Waals surface area contributed by atoms with Gasteiger partial charge in [-0.15, -0.1) is 0 Å². The predicted molar refractivity (Wildman–Crippen MR) is 51.2 cm³/mol. The Labute approximate surface area is 74.1 Å². The molecule has 0 amide bonds. The fourth-order valence-corrected chi connectivity index (χ4v) is 1.43. The third kappa shape index (κ3) is 2.67. The molecule has 0 spiro atoms. The maximum atomic E-state index is 9.18. The number of aliphatic hydroxyl groups excluding tert-OH is 1. The molecule has 0 aromatic heterocycles. The minimum atomic E-state index is -0.208. The van der Waals surface area contributed by atoms with Crippen molar-refractivity contribution in [2.75, 3.05) is 0 Å². The van der Waals surface area contributed by atoms with E-state index in [2.05, 4.69) is 19.1 Å². The highest BCUT2D eigenvalue weighted by atomic mass is 16.3. The molecule has 66 valence electrons. The van der Waals surface area contributed by atoms with Crippen LogP contribution in [-0.4, -0.2) is 11.2 Å². The molecule has 1 aromatic rings. The zero-order valence-electron chi connectivity index (χ0n) is 7.70. The lowest BCUT2D eigenvalue weighted by Gasteiger charge is -2.12. The Morgan fingerprint density at radius 3 is 2.25 bits per heavy atom. The van der Waals surface area contributed by atoms with E-state index in [-0.39, 0.29) is 6.10 Å². The van der Waals surface area contributed by atoms with Crippen molar-refractivity contribution in [2.45, 2.75) is 32.3 Å². The molecule has 0 aliphatic heterocycles. The Bertz CT molecular complexity index is 216. The Morgan fingerprint density at radius 2 is 1.75 bits per heavy atom. The number of aliphatic hydroxyl groups is 1. The molecule has 1 heteroatoms. The van der Waals surface area contributed by atoms with Crippen LogP contribution in [0, 0.1) is 0 Å². The van der Waals surface area contributed by atoms with Crippen molar-refractivity contribution in [3.63, 3.8) is 0 Å². The number of rotatable bonds is 3. The van der Waals surface area contributed by atoms with Crippen molar-refractivity contribution < 1.29 is 5.11 Å². The van der Waals surface area contributed by atoms with Gasteiger partial charge in [-0.3, -0.25) is 0 Å². The average molecular weight is 164 g/mol. The van der Waals surface area contributed by atoms with Gasteiger partial charge in [0.1, 0.15) is 0 Å². The molecule has 2 atom stereocenters. The lowest BCUT2D eigenvalue weighted by molar-refractivity contribution is 0.176. The molecule has 1 rings (SSSR count). The van der Waals surface area contributed by atoms with Gasteiger partial charge in [0.25, 0.3) is 0 Å². The fraction of sp³-hybridized carbons (Fsp3) is 0.455. The SMILES string of the molecule is CC(C[C@@H](C)O)c1ccccc1. The molecule has 0 saturated heterocycles. The second-order valence-electron chi connectivity index (χ2n) is 3.40. The van der Waals surface area contributed by atoms with Gasteiger partial charge in [0.2, 0.25) is 0 Å². The zero-order valence-corrected chi connectivity index (χ0v) is 7.70. The van der Waals surface area contributed by atoms with Gasteiger partial charge in [-0.2, -0.15) is 0 Å². The summed E-state index contributed by atoms with van der Waals surface area (Å²) in [6, 6.07) is 10.3. The number of hydrogen-bond donors (Lipinski definition) is 1. The molecule has 0 bridgehead atoms. The van der Waals surface area contributed by atoms with E-state index in [9.17, 15) is 5.11 Å². The first-order chi connectivity index (χ1) is 5.70. The molecule has 0 heterocycles. The topological polar surface area (TPSA) is 20.2 Å². The summed E-state index contributed by atoms with van der Waals surface area (Å²) in [4.78, 5) is 0. The van der Waals surface area contributed by atoms with Crippen LogP contribution in [-0.2, 0) is 0 Å². The van der Waals surface area contributed by atoms with Gasteiger partial charge in [-0.05, 0) is 24.8 Å². The van der Waals surface area contributed by atoms with Crippen molar-refractivity contribution >= 4 is 0 Å². The van der Waals surface area contributed by atoms with E-state index in [4.69, 9.17) is 0 Å². The molecule has 0 aliphatic carbocycles. The summed E-state index contributed by atoms with van der Waals surface area (Å²) in [5, 5.41) is 9.18. The average Bonchev–Trinajstić information content (AvgIpc) is 2.05. The molecule has 1 nitrogen and oxygen atoms in total. The van der Waals surface area contributed by atoms with Gasteiger partial charge in [-0.1, -0.05) is 37.3 Å². The molecule has 12 heavy (non-hydrogen) atoms. The highest BCUT2D eigenvalue weighted by Gasteiger charge is 2.07. The van der Waals surface area contributed by atoms with Crippen LogP contribution in [0.15, 0.2) is 30.3 Å². The van der Waals surface area contributed by atoms with E-state index in [1.807, 2.05) is 25.1 Å². The van der Waals surface area contributed by atoms with E-state index in [1.165, 1.54) is 5.56 Å². The summed E-state index contributed by atoms with van der Waals surface area (Å²) >= 11 is 0. The monoisotopic (exact) mass is 164 g/mol. The lowest BCUT2D eigenvalue weighted by atomic mass is 9.96. The van der Waals surface area contributed by atoms with Crippen LogP contribution in [0.2, 0.25) is 0 Å². The zero-order chi connectivity index (χ0) is 8.97. The number of hydrogen-bond acceptors (Lipinski definition) is 1. The van der Waals surface area contributed by atoms with Crippen molar-refractivity contribution in [1.29, 1.82) is 0 Å². The molecular formula is C11H16O.